The highest BCUT2D eigenvalue weighted by Gasteiger charge is 2.14. The molecule has 5 nitrogen and oxygen atoms in total. The summed E-state index contributed by atoms with van der Waals surface area (Å²) in [5.74, 6) is -0.786. The first kappa shape index (κ1) is 20.2. The summed E-state index contributed by atoms with van der Waals surface area (Å²) in [6.07, 6.45) is 0. The Morgan fingerprint density at radius 1 is 0.750 bits per heavy atom. The van der Waals surface area contributed by atoms with Gasteiger partial charge in [0.25, 0.3) is 11.8 Å². The monoisotopic (exact) mass is 501 g/mol. The predicted molar refractivity (Wildman–Crippen MR) is 118 cm³/mol. The molecule has 0 aliphatic heterocycles. The van der Waals surface area contributed by atoms with E-state index in [1.165, 1.54) is 0 Å². The van der Waals surface area contributed by atoms with Crippen LogP contribution in [0.5, 0.6) is 0 Å². The maximum atomic E-state index is 12.5. The Labute approximate surface area is 179 Å². The van der Waals surface area contributed by atoms with Crippen molar-refractivity contribution < 1.29 is 9.59 Å². The lowest BCUT2D eigenvalue weighted by Gasteiger charge is -2.10. The van der Waals surface area contributed by atoms with Crippen molar-refractivity contribution in [2.75, 3.05) is 10.6 Å². The van der Waals surface area contributed by atoms with E-state index in [9.17, 15) is 9.59 Å². The van der Waals surface area contributed by atoms with E-state index in [1.807, 2.05) is 50.2 Å². The lowest BCUT2D eigenvalue weighted by atomic mass is 10.2. The van der Waals surface area contributed by atoms with E-state index < -0.39 is 11.8 Å². The number of aromatic nitrogens is 1. The third-order valence-electron chi connectivity index (χ3n) is 3.96. The number of benzene rings is 2. The fourth-order valence-corrected chi connectivity index (χ4v) is 3.69. The first-order valence-electron chi connectivity index (χ1n) is 8.45. The van der Waals surface area contributed by atoms with Gasteiger partial charge in [-0.15, -0.1) is 0 Å². The Kier molecular flexibility index (Phi) is 6.26. The normalized spacial score (nSPS) is 10.4. The van der Waals surface area contributed by atoms with Crippen molar-refractivity contribution in [3.8, 4) is 0 Å². The van der Waals surface area contributed by atoms with Gasteiger partial charge >= 0.3 is 0 Å². The molecule has 3 aromatic rings. The second kappa shape index (κ2) is 8.67. The van der Waals surface area contributed by atoms with Crippen molar-refractivity contribution in [3.05, 3.63) is 86.1 Å². The lowest BCUT2D eigenvalue weighted by Crippen LogP contribution is -2.18. The van der Waals surface area contributed by atoms with E-state index in [0.717, 1.165) is 20.1 Å². The Balaban J connectivity index is 1.77. The molecule has 0 bridgehead atoms. The van der Waals surface area contributed by atoms with Gasteiger partial charge in [-0.25, -0.2) is 4.98 Å². The number of carbonyl (C=O) groups excluding carboxylic acids is 2. The van der Waals surface area contributed by atoms with Crippen LogP contribution in [0.25, 0.3) is 0 Å². The minimum atomic E-state index is -0.393. The number of halogens is 2. The summed E-state index contributed by atoms with van der Waals surface area (Å²) in [5.41, 5.74) is 3.73. The van der Waals surface area contributed by atoms with E-state index >= 15 is 0 Å². The molecule has 28 heavy (non-hydrogen) atoms. The number of rotatable bonds is 4. The first-order chi connectivity index (χ1) is 13.3. The number of aryl methyl sites for hydroxylation is 2. The number of nitrogens with zero attached hydrogens (tertiary/aromatic N) is 1. The molecule has 1 heterocycles. The average molecular weight is 503 g/mol. The molecule has 142 valence electrons. The van der Waals surface area contributed by atoms with Crippen LogP contribution in [-0.2, 0) is 0 Å². The molecule has 2 aromatic carbocycles. The zero-order valence-corrected chi connectivity index (χ0v) is 18.4. The quantitative estimate of drug-likeness (QED) is 0.478. The van der Waals surface area contributed by atoms with Crippen LogP contribution < -0.4 is 10.6 Å². The Bertz CT molecular complexity index is 987. The molecule has 1 aromatic heterocycles. The molecule has 0 unspecified atom stereocenters. The number of hydrogen-bond acceptors (Lipinski definition) is 3. The van der Waals surface area contributed by atoms with Gasteiger partial charge in [0.05, 0.1) is 11.4 Å². The standard InChI is InChI=1S/C21H17Br2N3O2/c1-12-6-8-16(14(22)10-12)25-20(27)18-4-3-5-19(24-18)21(28)26-17-9-7-13(2)11-15(17)23/h3-11H,1-2H3,(H,25,27)(H,26,28). The van der Waals surface area contributed by atoms with E-state index in [-0.39, 0.29) is 11.4 Å². The summed E-state index contributed by atoms with van der Waals surface area (Å²) in [5, 5.41) is 5.59. The molecular weight excluding hydrogens is 486 g/mol. The van der Waals surface area contributed by atoms with Gasteiger partial charge in [-0.2, -0.15) is 0 Å². The van der Waals surface area contributed by atoms with Crippen LogP contribution in [0.3, 0.4) is 0 Å². The molecule has 0 aliphatic carbocycles. The van der Waals surface area contributed by atoms with Crippen LogP contribution in [0.1, 0.15) is 32.1 Å². The van der Waals surface area contributed by atoms with Gasteiger partial charge in [-0.3, -0.25) is 9.59 Å². The largest absolute Gasteiger partial charge is 0.320 e. The van der Waals surface area contributed by atoms with Gasteiger partial charge in [0.2, 0.25) is 0 Å². The molecule has 0 aliphatic rings. The Morgan fingerprint density at radius 3 is 1.57 bits per heavy atom. The number of anilines is 2. The number of hydrogen-bond donors (Lipinski definition) is 2. The zero-order chi connectivity index (χ0) is 20.3. The maximum absolute atomic E-state index is 12.5. The van der Waals surface area contributed by atoms with E-state index in [0.29, 0.717) is 11.4 Å². The van der Waals surface area contributed by atoms with Crippen molar-refractivity contribution >= 4 is 55.0 Å². The highest BCUT2D eigenvalue weighted by atomic mass is 79.9. The average Bonchev–Trinajstić information content (AvgIpc) is 2.66. The van der Waals surface area contributed by atoms with E-state index in [1.54, 1.807) is 18.2 Å². The number of carbonyl (C=O) groups is 2. The Hall–Kier alpha value is -2.51. The van der Waals surface area contributed by atoms with Gasteiger partial charge in [0.15, 0.2) is 0 Å². The summed E-state index contributed by atoms with van der Waals surface area (Å²) in [6, 6.07) is 16.0. The predicted octanol–water partition coefficient (Wildman–Crippen LogP) is 5.73. The minimum Gasteiger partial charge on any atom is -0.320 e. The molecule has 0 saturated heterocycles. The van der Waals surface area contributed by atoms with Gasteiger partial charge in [-0.05, 0) is 93.2 Å². The fraction of sp³-hybridized carbons (Fsp3) is 0.0952. The van der Waals surface area contributed by atoms with Crippen molar-refractivity contribution in [1.29, 1.82) is 0 Å². The van der Waals surface area contributed by atoms with E-state index in [2.05, 4.69) is 47.5 Å². The first-order valence-corrected chi connectivity index (χ1v) is 10.0. The third kappa shape index (κ3) is 4.85. The van der Waals surface area contributed by atoms with Crippen molar-refractivity contribution in [3.63, 3.8) is 0 Å². The molecule has 0 fully saturated rings. The smallest absolute Gasteiger partial charge is 0.274 e. The highest BCUT2D eigenvalue weighted by Crippen LogP contribution is 2.25. The second-order valence-corrected chi connectivity index (χ2v) is 7.99. The molecule has 3 rings (SSSR count). The van der Waals surface area contributed by atoms with Crippen LogP contribution in [0.15, 0.2) is 63.5 Å². The summed E-state index contributed by atoms with van der Waals surface area (Å²) in [6.45, 7) is 3.93. The molecule has 2 amide bonds. The lowest BCUT2D eigenvalue weighted by molar-refractivity contribution is 0.101. The zero-order valence-electron chi connectivity index (χ0n) is 15.2. The molecule has 0 radical (unpaired) electrons. The number of pyridine rings is 1. The Morgan fingerprint density at radius 2 is 1.18 bits per heavy atom. The summed E-state index contributed by atoms with van der Waals surface area (Å²) < 4.78 is 1.55. The van der Waals surface area contributed by atoms with Crippen LogP contribution >= 0.6 is 31.9 Å². The molecule has 0 atom stereocenters. The summed E-state index contributed by atoms with van der Waals surface area (Å²) >= 11 is 6.86. The van der Waals surface area contributed by atoms with E-state index in [4.69, 9.17) is 0 Å². The van der Waals surface area contributed by atoms with Gasteiger partial charge in [0.1, 0.15) is 11.4 Å². The van der Waals surface area contributed by atoms with Crippen molar-refractivity contribution in [1.82, 2.24) is 4.98 Å². The molecule has 7 heteroatoms. The molecule has 0 spiro atoms. The van der Waals surface area contributed by atoms with Gasteiger partial charge in [0, 0.05) is 8.95 Å². The molecule has 2 N–H and O–H groups in total. The van der Waals surface area contributed by atoms with Gasteiger partial charge < -0.3 is 10.6 Å². The number of amides is 2. The van der Waals surface area contributed by atoms with Crippen LogP contribution in [-0.4, -0.2) is 16.8 Å². The SMILES string of the molecule is Cc1ccc(NC(=O)c2cccc(C(=O)Nc3ccc(C)cc3Br)n2)c(Br)c1. The fourth-order valence-electron chi connectivity index (χ4n) is 2.50. The van der Waals surface area contributed by atoms with Crippen LogP contribution in [0.4, 0.5) is 11.4 Å². The highest BCUT2D eigenvalue weighted by molar-refractivity contribution is 9.11. The molecular formula is C21H17Br2N3O2. The third-order valence-corrected chi connectivity index (χ3v) is 5.27. The number of nitrogens with one attached hydrogen (secondary N) is 2. The minimum absolute atomic E-state index is 0.156. The summed E-state index contributed by atoms with van der Waals surface area (Å²) in [7, 11) is 0. The van der Waals surface area contributed by atoms with Crippen molar-refractivity contribution in [2.24, 2.45) is 0 Å². The van der Waals surface area contributed by atoms with Crippen molar-refractivity contribution in [2.45, 2.75) is 13.8 Å². The summed E-state index contributed by atoms with van der Waals surface area (Å²) in [4.78, 5) is 29.3. The maximum Gasteiger partial charge on any atom is 0.274 e. The van der Waals surface area contributed by atoms with Gasteiger partial charge in [-0.1, -0.05) is 18.2 Å². The van der Waals surface area contributed by atoms with Crippen LogP contribution in [0, 0.1) is 13.8 Å². The van der Waals surface area contributed by atoms with Crippen LogP contribution in [0.2, 0.25) is 0 Å². The topological polar surface area (TPSA) is 71.1 Å². The molecule has 0 saturated carbocycles. The second-order valence-electron chi connectivity index (χ2n) is 6.28.